The summed E-state index contributed by atoms with van der Waals surface area (Å²) in [7, 11) is 0. The van der Waals surface area contributed by atoms with Crippen molar-refractivity contribution in [2.24, 2.45) is 0 Å². The summed E-state index contributed by atoms with van der Waals surface area (Å²) in [6.07, 6.45) is 2.78. The van der Waals surface area contributed by atoms with Gasteiger partial charge < -0.3 is 10.6 Å². The number of aryl methyl sites for hydroxylation is 1. The topological polar surface area (TPSA) is 49.8 Å². The first-order valence-electron chi connectivity index (χ1n) is 7.36. The number of halogens is 1. The van der Waals surface area contributed by atoms with Crippen LogP contribution in [0, 0.1) is 5.82 Å². The van der Waals surface area contributed by atoms with Crippen LogP contribution in [-0.2, 0) is 6.42 Å². The van der Waals surface area contributed by atoms with Crippen molar-refractivity contribution in [2.75, 3.05) is 17.2 Å². The summed E-state index contributed by atoms with van der Waals surface area (Å²) in [4.78, 5) is 8.91. The maximum atomic E-state index is 13.7. The molecule has 0 spiro atoms. The van der Waals surface area contributed by atoms with Crippen molar-refractivity contribution in [3.63, 3.8) is 0 Å². The molecule has 0 amide bonds. The van der Waals surface area contributed by atoms with Gasteiger partial charge in [0.15, 0.2) is 0 Å². The minimum absolute atomic E-state index is 0.295. The zero-order chi connectivity index (χ0) is 15.1. The summed E-state index contributed by atoms with van der Waals surface area (Å²) < 4.78 is 13.7. The predicted molar refractivity (Wildman–Crippen MR) is 84.5 cm³/mol. The second-order valence-corrected chi connectivity index (χ2v) is 4.84. The molecule has 0 fully saturated rings. The van der Waals surface area contributed by atoms with Gasteiger partial charge in [0.1, 0.15) is 23.3 Å². The third-order valence-electron chi connectivity index (χ3n) is 2.94. The van der Waals surface area contributed by atoms with E-state index in [1.807, 2.05) is 0 Å². The minimum atomic E-state index is -0.295. The van der Waals surface area contributed by atoms with Gasteiger partial charge in [0.05, 0.1) is 5.69 Å². The highest BCUT2D eigenvalue weighted by molar-refractivity contribution is 5.59. The lowest BCUT2D eigenvalue weighted by Gasteiger charge is -2.11. The molecule has 4 nitrogen and oxygen atoms in total. The molecule has 1 heterocycles. The summed E-state index contributed by atoms with van der Waals surface area (Å²) in [5.41, 5.74) is 0.417. The van der Waals surface area contributed by atoms with Crippen LogP contribution in [-0.4, -0.2) is 16.5 Å². The number of aromatic nitrogens is 2. The van der Waals surface area contributed by atoms with E-state index in [-0.39, 0.29) is 5.82 Å². The Morgan fingerprint density at radius 3 is 2.52 bits per heavy atom. The van der Waals surface area contributed by atoms with Gasteiger partial charge in [-0.15, -0.1) is 0 Å². The molecule has 0 aliphatic heterocycles. The molecule has 0 aliphatic carbocycles. The van der Waals surface area contributed by atoms with E-state index < -0.39 is 0 Å². The van der Waals surface area contributed by atoms with E-state index in [9.17, 15) is 4.39 Å². The van der Waals surface area contributed by atoms with E-state index in [1.165, 1.54) is 6.07 Å². The van der Waals surface area contributed by atoms with Crippen molar-refractivity contribution in [3.8, 4) is 0 Å². The van der Waals surface area contributed by atoms with Crippen LogP contribution in [0.15, 0.2) is 30.3 Å². The summed E-state index contributed by atoms with van der Waals surface area (Å²) >= 11 is 0. The molecule has 2 N–H and O–H groups in total. The van der Waals surface area contributed by atoms with E-state index in [1.54, 1.807) is 24.3 Å². The number of para-hydroxylation sites is 1. The minimum Gasteiger partial charge on any atom is -0.370 e. The maximum absolute atomic E-state index is 13.7. The second-order valence-electron chi connectivity index (χ2n) is 4.84. The smallest absolute Gasteiger partial charge is 0.146 e. The highest BCUT2D eigenvalue weighted by Gasteiger charge is 2.06. The molecule has 0 unspecified atom stereocenters. The maximum Gasteiger partial charge on any atom is 0.146 e. The third-order valence-corrected chi connectivity index (χ3v) is 2.94. The fourth-order valence-electron chi connectivity index (χ4n) is 1.94. The zero-order valence-corrected chi connectivity index (χ0v) is 12.5. The van der Waals surface area contributed by atoms with Crippen LogP contribution in [0.25, 0.3) is 0 Å². The Bertz CT molecular complexity index is 586. The van der Waals surface area contributed by atoms with E-state index in [2.05, 4.69) is 34.4 Å². The van der Waals surface area contributed by atoms with Crippen molar-refractivity contribution in [1.29, 1.82) is 0 Å². The number of benzene rings is 1. The Morgan fingerprint density at radius 2 is 1.81 bits per heavy atom. The molecule has 2 rings (SSSR count). The molecule has 112 valence electrons. The molecule has 1 aromatic heterocycles. The summed E-state index contributed by atoms with van der Waals surface area (Å²) in [5.74, 6) is 1.85. The molecule has 0 aliphatic rings. The van der Waals surface area contributed by atoms with Crippen molar-refractivity contribution in [3.05, 3.63) is 42.0 Å². The first kappa shape index (κ1) is 15.2. The molecule has 5 heteroatoms. The van der Waals surface area contributed by atoms with Crippen molar-refractivity contribution < 1.29 is 4.39 Å². The number of hydrogen-bond acceptors (Lipinski definition) is 4. The Balaban J connectivity index is 2.24. The van der Waals surface area contributed by atoms with Gasteiger partial charge in [-0.3, -0.25) is 0 Å². The SMILES string of the molecule is CCCNc1cc(Nc2ccccc2F)nc(CCC)n1. The number of hydrogen-bond donors (Lipinski definition) is 2. The monoisotopic (exact) mass is 288 g/mol. The molecule has 0 atom stereocenters. The van der Waals surface area contributed by atoms with E-state index in [0.717, 1.165) is 37.4 Å². The lowest BCUT2D eigenvalue weighted by molar-refractivity contribution is 0.631. The van der Waals surface area contributed by atoms with Gasteiger partial charge in [-0.25, -0.2) is 14.4 Å². The van der Waals surface area contributed by atoms with Crippen LogP contribution in [0.5, 0.6) is 0 Å². The van der Waals surface area contributed by atoms with E-state index >= 15 is 0 Å². The van der Waals surface area contributed by atoms with E-state index in [4.69, 9.17) is 0 Å². The predicted octanol–water partition coefficient (Wildman–Crippen LogP) is 4.13. The Morgan fingerprint density at radius 1 is 1.05 bits per heavy atom. The standard InChI is InChI=1S/C16H21FN4/c1-3-7-14-20-15(18-10-4-2)11-16(21-14)19-13-9-6-5-8-12(13)17/h5-6,8-9,11H,3-4,7,10H2,1-2H3,(H2,18,19,20,21). The molecule has 0 radical (unpaired) electrons. The van der Waals surface area contributed by atoms with Crippen LogP contribution in [0.3, 0.4) is 0 Å². The molecular weight excluding hydrogens is 267 g/mol. The van der Waals surface area contributed by atoms with Gasteiger partial charge in [0.25, 0.3) is 0 Å². The molecule has 0 bridgehead atoms. The highest BCUT2D eigenvalue weighted by atomic mass is 19.1. The van der Waals surface area contributed by atoms with Crippen molar-refractivity contribution in [1.82, 2.24) is 9.97 Å². The van der Waals surface area contributed by atoms with Gasteiger partial charge in [-0.2, -0.15) is 0 Å². The van der Waals surface area contributed by atoms with Crippen molar-refractivity contribution >= 4 is 17.3 Å². The Labute approximate surface area is 124 Å². The number of anilines is 3. The number of rotatable bonds is 7. The van der Waals surface area contributed by atoms with Crippen LogP contribution < -0.4 is 10.6 Å². The van der Waals surface area contributed by atoms with Gasteiger partial charge in [0.2, 0.25) is 0 Å². The van der Waals surface area contributed by atoms with Gasteiger partial charge in [-0.1, -0.05) is 26.0 Å². The molecule has 2 aromatic rings. The normalized spacial score (nSPS) is 10.4. The van der Waals surface area contributed by atoms with Crippen molar-refractivity contribution in [2.45, 2.75) is 33.1 Å². The zero-order valence-electron chi connectivity index (χ0n) is 12.5. The lowest BCUT2D eigenvalue weighted by atomic mass is 10.3. The lowest BCUT2D eigenvalue weighted by Crippen LogP contribution is -2.07. The number of nitrogens with zero attached hydrogens (tertiary/aromatic N) is 2. The van der Waals surface area contributed by atoms with Crippen LogP contribution in [0.2, 0.25) is 0 Å². The first-order chi connectivity index (χ1) is 10.2. The average Bonchev–Trinajstić information content (AvgIpc) is 2.48. The van der Waals surface area contributed by atoms with Crippen LogP contribution in [0.1, 0.15) is 32.5 Å². The fourth-order valence-corrected chi connectivity index (χ4v) is 1.94. The van der Waals surface area contributed by atoms with E-state index in [0.29, 0.717) is 11.5 Å². The van der Waals surface area contributed by atoms with Crippen LogP contribution >= 0.6 is 0 Å². The highest BCUT2D eigenvalue weighted by Crippen LogP contribution is 2.20. The molecular formula is C16H21FN4. The van der Waals surface area contributed by atoms with Gasteiger partial charge in [0, 0.05) is 19.0 Å². The molecule has 0 saturated heterocycles. The number of nitrogens with one attached hydrogen (secondary N) is 2. The Hall–Kier alpha value is -2.17. The Kier molecular flexibility index (Phi) is 5.49. The van der Waals surface area contributed by atoms with Gasteiger partial charge >= 0.3 is 0 Å². The van der Waals surface area contributed by atoms with Crippen LogP contribution in [0.4, 0.5) is 21.7 Å². The fraction of sp³-hybridized carbons (Fsp3) is 0.375. The third kappa shape index (κ3) is 4.41. The quantitative estimate of drug-likeness (QED) is 0.804. The molecule has 1 aromatic carbocycles. The summed E-state index contributed by atoms with van der Waals surface area (Å²) in [5, 5.41) is 6.27. The largest absolute Gasteiger partial charge is 0.370 e. The average molecular weight is 288 g/mol. The summed E-state index contributed by atoms with van der Waals surface area (Å²) in [6, 6.07) is 8.37. The summed E-state index contributed by atoms with van der Waals surface area (Å²) in [6.45, 7) is 5.03. The molecule has 21 heavy (non-hydrogen) atoms. The molecule has 0 saturated carbocycles. The second kappa shape index (κ2) is 7.57. The first-order valence-corrected chi connectivity index (χ1v) is 7.36. The van der Waals surface area contributed by atoms with Gasteiger partial charge in [-0.05, 0) is 25.0 Å².